The van der Waals surface area contributed by atoms with Crippen LogP contribution in [0.3, 0.4) is 0 Å². The maximum Gasteiger partial charge on any atom is 0.167 e. The molecular weight excluding hydrogens is 233 g/mol. The highest BCUT2D eigenvalue weighted by Gasteiger charge is 2.12. The first kappa shape index (κ1) is 12.4. The van der Waals surface area contributed by atoms with E-state index < -0.39 is 5.82 Å². The molecule has 94 valence electrons. The Morgan fingerprint density at radius 1 is 1.28 bits per heavy atom. The average Bonchev–Trinajstić information content (AvgIpc) is 2.64. The summed E-state index contributed by atoms with van der Waals surface area (Å²) in [4.78, 5) is 10.9. The molecule has 1 heterocycles. The van der Waals surface area contributed by atoms with Crippen LogP contribution >= 0.6 is 0 Å². The van der Waals surface area contributed by atoms with E-state index in [9.17, 15) is 9.18 Å². The third-order valence-corrected chi connectivity index (χ3v) is 2.99. The van der Waals surface area contributed by atoms with Crippen LogP contribution in [-0.4, -0.2) is 18.0 Å². The summed E-state index contributed by atoms with van der Waals surface area (Å²) in [5.41, 5.74) is 2.98. The summed E-state index contributed by atoms with van der Waals surface area (Å²) in [6, 6.07) is 6.51. The van der Waals surface area contributed by atoms with Crippen molar-refractivity contribution in [1.82, 2.24) is 4.57 Å². The standard InChI is InChI=1S/C14H14FNO2/c1-9-6-11(8-17)10(2)16(9)12-4-5-14(18-3)13(15)7-12/h4-8H,1-3H3. The number of aryl methyl sites for hydroxylation is 1. The molecule has 0 N–H and O–H groups in total. The van der Waals surface area contributed by atoms with Crippen molar-refractivity contribution in [1.29, 1.82) is 0 Å². The number of ether oxygens (including phenoxy) is 1. The predicted octanol–water partition coefficient (Wildman–Crippen LogP) is 3.05. The normalized spacial score (nSPS) is 10.4. The Kier molecular flexibility index (Phi) is 3.19. The smallest absolute Gasteiger partial charge is 0.167 e. The summed E-state index contributed by atoms with van der Waals surface area (Å²) in [6.07, 6.45) is 0.804. The van der Waals surface area contributed by atoms with Gasteiger partial charge < -0.3 is 9.30 Å². The number of nitrogens with zero attached hydrogens (tertiary/aromatic N) is 1. The molecule has 18 heavy (non-hydrogen) atoms. The third kappa shape index (κ3) is 1.90. The second kappa shape index (κ2) is 4.64. The lowest BCUT2D eigenvalue weighted by Crippen LogP contribution is -2.01. The van der Waals surface area contributed by atoms with Crippen LogP contribution in [-0.2, 0) is 0 Å². The van der Waals surface area contributed by atoms with Crippen LogP contribution in [0.25, 0.3) is 5.69 Å². The Balaban J connectivity index is 2.58. The number of methoxy groups -OCH3 is 1. The third-order valence-electron chi connectivity index (χ3n) is 2.99. The maximum atomic E-state index is 13.7. The zero-order valence-electron chi connectivity index (χ0n) is 10.5. The lowest BCUT2D eigenvalue weighted by atomic mass is 10.2. The van der Waals surface area contributed by atoms with Crippen molar-refractivity contribution in [2.45, 2.75) is 13.8 Å². The van der Waals surface area contributed by atoms with E-state index in [1.165, 1.54) is 13.2 Å². The van der Waals surface area contributed by atoms with Crippen LogP contribution in [0.15, 0.2) is 24.3 Å². The van der Waals surface area contributed by atoms with Gasteiger partial charge in [-0.1, -0.05) is 0 Å². The van der Waals surface area contributed by atoms with Gasteiger partial charge in [-0.2, -0.15) is 0 Å². The Morgan fingerprint density at radius 2 is 2.00 bits per heavy atom. The molecule has 1 aromatic carbocycles. The summed E-state index contributed by atoms with van der Waals surface area (Å²) in [5.74, 6) is -0.216. The molecule has 0 aliphatic rings. The summed E-state index contributed by atoms with van der Waals surface area (Å²) in [6.45, 7) is 3.71. The number of benzene rings is 1. The quantitative estimate of drug-likeness (QED) is 0.780. The van der Waals surface area contributed by atoms with Gasteiger partial charge in [0, 0.05) is 28.7 Å². The van der Waals surface area contributed by atoms with Gasteiger partial charge in [0.15, 0.2) is 17.9 Å². The van der Waals surface area contributed by atoms with Crippen LogP contribution in [0.2, 0.25) is 0 Å². The average molecular weight is 247 g/mol. The number of aldehydes is 1. The zero-order valence-corrected chi connectivity index (χ0v) is 10.5. The largest absolute Gasteiger partial charge is 0.494 e. The molecule has 4 heteroatoms. The molecule has 3 nitrogen and oxygen atoms in total. The molecule has 0 bridgehead atoms. The minimum Gasteiger partial charge on any atom is -0.494 e. The maximum absolute atomic E-state index is 13.7. The number of halogens is 1. The van der Waals surface area contributed by atoms with E-state index in [0.29, 0.717) is 11.3 Å². The zero-order chi connectivity index (χ0) is 13.3. The molecule has 0 fully saturated rings. The summed E-state index contributed by atoms with van der Waals surface area (Å²) < 4.78 is 20.4. The highest BCUT2D eigenvalue weighted by atomic mass is 19.1. The van der Waals surface area contributed by atoms with Crippen molar-refractivity contribution in [3.63, 3.8) is 0 Å². The fourth-order valence-electron chi connectivity index (χ4n) is 2.10. The molecule has 0 radical (unpaired) electrons. The molecule has 0 aliphatic heterocycles. The van der Waals surface area contributed by atoms with Gasteiger partial charge in [-0.15, -0.1) is 0 Å². The van der Waals surface area contributed by atoms with Crippen molar-refractivity contribution in [3.05, 3.63) is 47.0 Å². The van der Waals surface area contributed by atoms with Crippen LogP contribution in [0.4, 0.5) is 4.39 Å². The van der Waals surface area contributed by atoms with Crippen LogP contribution < -0.4 is 4.74 Å². The summed E-state index contributed by atoms with van der Waals surface area (Å²) >= 11 is 0. The van der Waals surface area contributed by atoms with Gasteiger partial charge in [0.25, 0.3) is 0 Å². The lowest BCUT2D eigenvalue weighted by Gasteiger charge is -2.11. The molecule has 0 atom stereocenters. The van der Waals surface area contributed by atoms with Crippen molar-refractivity contribution >= 4 is 6.29 Å². The number of hydrogen-bond donors (Lipinski definition) is 0. The van der Waals surface area contributed by atoms with Gasteiger partial charge in [-0.25, -0.2) is 4.39 Å². The Labute approximate surface area is 105 Å². The Hall–Kier alpha value is -2.10. The monoisotopic (exact) mass is 247 g/mol. The SMILES string of the molecule is COc1ccc(-n2c(C)cc(C=O)c2C)cc1F. The van der Waals surface area contributed by atoms with Crippen LogP contribution in [0.5, 0.6) is 5.75 Å². The molecule has 0 spiro atoms. The van der Waals surface area contributed by atoms with Gasteiger partial charge in [-0.3, -0.25) is 4.79 Å². The van der Waals surface area contributed by atoms with Gasteiger partial charge in [-0.05, 0) is 32.0 Å². The van der Waals surface area contributed by atoms with E-state index in [1.54, 1.807) is 18.2 Å². The number of hydrogen-bond acceptors (Lipinski definition) is 2. The summed E-state index contributed by atoms with van der Waals surface area (Å²) in [5, 5.41) is 0. The highest BCUT2D eigenvalue weighted by molar-refractivity contribution is 5.77. The van der Waals surface area contributed by atoms with Gasteiger partial charge >= 0.3 is 0 Å². The van der Waals surface area contributed by atoms with Crippen LogP contribution in [0, 0.1) is 19.7 Å². The van der Waals surface area contributed by atoms with E-state index in [1.807, 2.05) is 18.4 Å². The van der Waals surface area contributed by atoms with Crippen molar-refractivity contribution in [3.8, 4) is 11.4 Å². The van der Waals surface area contributed by atoms with Gasteiger partial charge in [0.2, 0.25) is 0 Å². The molecule has 2 rings (SSSR count). The summed E-state index contributed by atoms with van der Waals surface area (Å²) in [7, 11) is 1.43. The van der Waals surface area contributed by atoms with E-state index in [2.05, 4.69) is 0 Å². The number of carbonyl (C=O) groups is 1. The van der Waals surface area contributed by atoms with Gasteiger partial charge in [0.05, 0.1) is 7.11 Å². The van der Waals surface area contributed by atoms with Crippen molar-refractivity contribution < 1.29 is 13.9 Å². The number of aromatic nitrogens is 1. The fraction of sp³-hybridized carbons (Fsp3) is 0.214. The minimum absolute atomic E-state index is 0.205. The minimum atomic E-state index is -0.421. The van der Waals surface area contributed by atoms with E-state index >= 15 is 0 Å². The molecule has 0 saturated heterocycles. The topological polar surface area (TPSA) is 31.2 Å². The Morgan fingerprint density at radius 3 is 2.50 bits per heavy atom. The number of rotatable bonds is 3. The second-order valence-corrected chi connectivity index (χ2v) is 4.10. The molecule has 0 saturated carbocycles. The molecule has 0 aliphatic carbocycles. The molecule has 2 aromatic rings. The first-order chi connectivity index (χ1) is 8.58. The van der Waals surface area contributed by atoms with Crippen molar-refractivity contribution in [2.24, 2.45) is 0 Å². The first-order valence-electron chi connectivity index (χ1n) is 5.56. The molecule has 0 unspecified atom stereocenters. The van der Waals surface area contributed by atoms with Crippen LogP contribution in [0.1, 0.15) is 21.7 Å². The van der Waals surface area contributed by atoms with E-state index in [-0.39, 0.29) is 5.75 Å². The predicted molar refractivity (Wildman–Crippen MR) is 67.1 cm³/mol. The molecular formula is C14H14FNO2. The Bertz CT molecular complexity index is 602. The van der Waals surface area contributed by atoms with Gasteiger partial charge in [0.1, 0.15) is 0 Å². The first-order valence-corrected chi connectivity index (χ1v) is 5.56. The molecule has 1 aromatic heterocycles. The van der Waals surface area contributed by atoms with E-state index in [0.717, 1.165) is 17.7 Å². The molecule has 0 amide bonds. The number of carbonyl (C=O) groups excluding carboxylic acids is 1. The highest BCUT2D eigenvalue weighted by Crippen LogP contribution is 2.24. The second-order valence-electron chi connectivity index (χ2n) is 4.10. The fourth-order valence-corrected chi connectivity index (χ4v) is 2.10. The van der Waals surface area contributed by atoms with E-state index in [4.69, 9.17) is 4.74 Å². The lowest BCUT2D eigenvalue weighted by molar-refractivity contribution is 0.112. The van der Waals surface area contributed by atoms with Crippen molar-refractivity contribution in [2.75, 3.05) is 7.11 Å².